The lowest BCUT2D eigenvalue weighted by atomic mass is 10.2. The summed E-state index contributed by atoms with van der Waals surface area (Å²) in [7, 11) is 0. The molecule has 16 heavy (non-hydrogen) atoms. The number of hydrogen-bond donors (Lipinski definition) is 4. The van der Waals surface area contributed by atoms with E-state index in [1.54, 1.807) is 11.8 Å². The smallest absolute Gasteiger partial charge is 0.323 e. The van der Waals surface area contributed by atoms with Gasteiger partial charge in [-0.2, -0.15) is 11.8 Å². The van der Waals surface area contributed by atoms with Gasteiger partial charge in [0.25, 0.3) is 0 Å². The molecule has 0 saturated heterocycles. The zero-order chi connectivity index (χ0) is 12.8. The number of thioether (sulfide) groups is 1. The van der Waals surface area contributed by atoms with E-state index < -0.39 is 23.5 Å². The van der Waals surface area contributed by atoms with Gasteiger partial charge in [0.15, 0.2) is 0 Å². The van der Waals surface area contributed by atoms with E-state index in [0.717, 1.165) is 5.75 Å². The number of carboxylic acids is 2. The Labute approximate surface area is 98.4 Å². The highest BCUT2D eigenvalue weighted by atomic mass is 32.2. The van der Waals surface area contributed by atoms with E-state index >= 15 is 0 Å². The fourth-order valence-electron chi connectivity index (χ4n) is 0.717. The minimum Gasteiger partial charge on any atom is -0.480 e. The zero-order valence-electron chi connectivity index (χ0n) is 9.18. The molecule has 0 bridgehead atoms. The van der Waals surface area contributed by atoms with Crippen LogP contribution in [-0.2, 0) is 9.59 Å². The molecule has 0 spiro atoms. The van der Waals surface area contributed by atoms with Crippen LogP contribution < -0.4 is 11.5 Å². The molecule has 0 radical (unpaired) electrons. The Morgan fingerprint density at radius 2 is 1.94 bits per heavy atom. The second-order valence-corrected chi connectivity index (χ2v) is 4.67. The van der Waals surface area contributed by atoms with E-state index in [-0.39, 0.29) is 0 Å². The van der Waals surface area contributed by atoms with Gasteiger partial charge in [0, 0.05) is 0 Å². The minimum absolute atomic E-state index is 0.552. The summed E-state index contributed by atoms with van der Waals surface area (Å²) in [5.41, 5.74) is 9.55. The molecule has 6 nitrogen and oxygen atoms in total. The maximum Gasteiger partial charge on any atom is 0.323 e. The average Bonchev–Trinajstić information content (AvgIpc) is 2.95. The Balaban J connectivity index is 0.000000288. The third kappa shape index (κ3) is 5.94. The highest BCUT2D eigenvalue weighted by Crippen LogP contribution is 2.31. The van der Waals surface area contributed by atoms with Crippen LogP contribution in [0.25, 0.3) is 0 Å². The maximum atomic E-state index is 10.1. The largest absolute Gasteiger partial charge is 0.480 e. The van der Waals surface area contributed by atoms with Crippen molar-refractivity contribution < 1.29 is 19.8 Å². The standard InChI is InChI=1S/C5H11NO2S.C4H7NO2/c1-9-3-2-4(6)5(7)8;5-4(1-2-4)3(6)7/h4H,2-3,6H2,1H3,(H,7,8);1-2,5H2,(H,6,7). The lowest BCUT2D eigenvalue weighted by Gasteiger charge is -2.02. The summed E-state index contributed by atoms with van der Waals surface area (Å²) in [5, 5.41) is 16.5. The number of rotatable bonds is 5. The average molecular weight is 250 g/mol. The monoisotopic (exact) mass is 250 g/mol. The summed E-state index contributed by atoms with van der Waals surface area (Å²) >= 11 is 1.60. The molecule has 0 aromatic heterocycles. The number of aliphatic carboxylic acids is 2. The SMILES string of the molecule is CSCCC(N)C(=O)O.NC1(C(=O)O)CC1. The van der Waals surface area contributed by atoms with Crippen LogP contribution in [0.1, 0.15) is 19.3 Å². The molecule has 6 N–H and O–H groups in total. The Morgan fingerprint density at radius 3 is 2.12 bits per heavy atom. The van der Waals surface area contributed by atoms with Crippen LogP contribution in [0.15, 0.2) is 0 Å². The van der Waals surface area contributed by atoms with Crippen molar-refractivity contribution in [3.63, 3.8) is 0 Å². The van der Waals surface area contributed by atoms with Crippen LogP contribution in [0.4, 0.5) is 0 Å². The molecule has 1 saturated carbocycles. The van der Waals surface area contributed by atoms with Gasteiger partial charge < -0.3 is 21.7 Å². The van der Waals surface area contributed by atoms with Crippen molar-refractivity contribution in [2.24, 2.45) is 11.5 Å². The lowest BCUT2D eigenvalue weighted by molar-refractivity contribution is -0.140. The van der Waals surface area contributed by atoms with Crippen LogP contribution in [0, 0.1) is 0 Å². The molecule has 0 aliphatic heterocycles. The second-order valence-electron chi connectivity index (χ2n) is 3.69. The van der Waals surface area contributed by atoms with Crippen LogP contribution >= 0.6 is 11.8 Å². The van der Waals surface area contributed by atoms with Gasteiger partial charge in [-0.15, -0.1) is 0 Å². The fraction of sp³-hybridized carbons (Fsp3) is 0.778. The molecule has 1 aliphatic carbocycles. The Hall–Kier alpha value is -0.790. The van der Waals surface area contributed by atoms with E-state index in [2.05, 4.69) is 0 Å². The minimum atomic E-state index is -0.913. The lowest BCUT2D eigenvalue weighted by Crippen LogP contribution is -2.31. The Kier molecular flexibility index (Phi) is 6.39. The third-order valence-corrected chi connectivity index (χ3v) is 2.81. The van der Waals surface area contributed by atoms with Gasteiger partial charge in [-0.25, -0.2) is 0 Å². The molecule has 1 fully saturated rings. The van der Waals surface area contributed by atoms with Gasteiger partial charge >= 0.3 is 11.9 Å². The molecular formula is C9H18N2O4S. The van der Waals surface area contributed by atoms with Gasteiger partial charge in [0.2, 0.25) is 0 Å². The van der Waals surface area contributed by atoms with Gasteiger partial charge in [0.1, 0.15) is 11.6 Å². The van der Waals surface area contributed by atoms with Crippen molar-refractivity contribution >= 4 is 23.7 Å². The molecule has 1 rings (SSSR count). The summed E-state index contributed by atoms with van der Waals surface area (Å²) in [6.07, 6.45) is 3.76. The molecule has 0 aromatic carbocycles. The zero-order valence-corrected chi connectivity index (χ0v) is 10.00. The van der Waals surface area contributed by atoms with Crippen molar-refractivity contribution in [2.75, 3.05) is 12.0 Å². The van der Waals surface area contributed by atoms with E-state index in [1.807, 2.05) is 6.26 Å². The first-order valence-corrected chi connectivity index (χ1v) is 6.22. The molecular weight excluding hydrogens is 232 g/mol. The normalized spacial score (nSPS) is 17.9. The van der Waals surface area contributed by atoms with E-state index in [1.165, 1.54) is 0 Å². The van der Waals surface area contributed by atoms with Crippen LogP contribution in [0.2, 0.25) is 0 Å². The fourth-order valence-corrected chi connectivity index (χ4v) is 1.21. The van der Waals surface area contributed by atoms with Crippen LogP contribution in [0.5, 0.6) is 0 Å². The highest BCUT2D eigenvalue weighted by molar-refractivity contribution is 7.98. The number of hydrogen-bond acceptors (Lipinski definition) is 5. The molecule has 0 aromatic rings. The first-order valence-electron chi connectivity index (χ1n) is 4.83. The molecule has 0 heterocycles. The number of carboxylic acid groups (broad SMARTS) is 2. The van der Waals surface area contributed by atoms with Gasteiger partial charge in [-0.3, -0.25) is 9.59 Å². The number of nitrogens with two attached hydrogens (primary N) is 2. The molecule has 0 amide bonds. The number of carbonyl (C=O) groups is 2. The van der Waals surface area contributed by atoms with Crippen LogP contribution in [-0.4, -0.2) is 45.7 Å². The topological polar surface area (TPSA) is 127 Å². The van der Waals surface area contributed by atoms with Crippen molar-refractivity contribution in [2.45, 2.75) is 30.8 Å². The van der Waals surface area contributed by atoms with Crippen LogP contribution in [0.3, 0.4) is 0 Å². The van der Waals surface area contributed by atoms with Crippen molar-refractivity contribution in [1.82, 2.24) is 0 Å². The third-order valence-electron chi connectivity index (χ3n) is 2.16. The molecule has 1 atom stereocenters. The van der Waals surface area contributed by atoms with E-state index in [4.69, 9.17) is 21.7 Å². The van der Waals surface area contributed by atoms with Gasteiger partial charge in [-0.1, -0.05) is 0 Å². The Morgan fingerprint density at radius 1 is 1.44 bits per heavy atom. The maximum absolute atomic E-state index is 10.1. The van der Waals surface area contributed by atoms with Crippen molar-refractivity contribution in [3.8, 4) is 0 Å². The first-order chi connectivity index (χ1) is 7.33. The molecule has 1 aliphatic rings. The summed E-state index contributed by atoms with van der Waals surface area (Å²) < 4.78 is 0. The first kappa shape index (κ1) is 15.2. The van der Waals surface area contributed by atoms with Crippen molar-refractivity contribution in [1.29, 1.82) is 0 Å². The summed E-state index contributed by atoms with van der Waals surface area (Å²) in [6, 6.07) is -0.683. The summed E-state index contributed by atoms with van der Waals surface area (Å²) in [5.74, 6) is -0.968. The molecule has 94 valence electrons. The predicted octanol–water partition coefficient (Wildman–Crippen LogP) is -0.286. The van der Waals surface area contributed by atoms with E-state index in [9.17, 15) is 9.59 Å². The molecule has 7 heteroatoms. The van der Waals surface area contributed by atoms with E-state index in [0.29, 0.717) is 19.3 Å². The predicted molar refractivity (Wildman–Crippen MR) is 62.4 cm³/mol. The highest BCUT2D eigenvalue weighted by Gasteiger charge is 2.46. The summed E-state index contributed by atoms with van der Waals surface area (Å²) in [4.78, 5) is 20.0. The second kappa shape index (κ2) is 6.72. The van der Waals surface area contributed by atoms with Crippen molar-refractivity contribution in [3.05, 3.63) is 0 Å². The van der Waals surface area contributed by atoms with Gasteiger partial charge in [-0.05, 0) is 31.3 Å². The van der Waals surface area contributed by atoms with Gasteiger partial charge in [0.05, 0.1) is 0 Å². The molecule has 1 unspecified atom stereocenters. The Bertz CT molecular complexity index is 256. The summed E-state index contributed by atoms with van der Waals surface area (Å²) in [6.45, 7) is 0. The quantitative estimate of drug-likeness (QED) is 0.528.